The van der Waals surface area contributed by atoms with Crippen LogP contribution in [0.2, 0.25) is 0 Å². The summed E-state index contributed by atoms with van der Waals surface area (Å²) in [5, 5.41) is 4.93. The third-order valence-electron chi connectivity index (χ3n) is 4.07. The highest BCUT2D eigenvalue weighted by Gasteiger charge is 2.36. The van der Waals surface area contributed by atoms with E-state index >= 15 is 0 Å². The van der Waals surface area contributed by atoms with Gasteiger partial charge in [-0.3, -0.25) is 9.59 Å². The van der Waals surface area contributed by atoms with Gasteiger partial charge in [0.25, 0.3) is 0 Å². The third-order valence-corrected chi connectivity index (χ3v) is 4.93. The van der Waals surface area contributed by atoms with Crippen molar-refractivity contribution in [2.45, 2.75) is 44.4 Å². The van der Waals surface area contributed by atoms with Gasteiger partial charge in [-0.25, -0.2) is 0 Å². The molecule has 0 aromatic carbocycles. The fourth-order valence-electron chi connectivity index (χ4n) is 2.91. The Morgan fingerprint density at radius 2 is 2.38 bits per heavy atom. The molecule has 2 amide bonds. The van der Waals surface area contributed by atoms with Crippen LogP contribution in [0, 0.1) is 0 Å². The maximum Gasteiger partial charge on any atom is 0.242 e. The lowest BCUT2D eigenvalue weighted by molar-refractivity contribution is -0.136. The maximum absolute atomic E-state index is 12.3. The van der Waals surface area contributed by atoms with Crippen molar-refractivity contribution in [3.05, 3.63) is 22.4 Å². The first-order chi connectivity index (χ1) is 10.2. The number of carbonyl (C=O) groups excluding carboxylic acids is 2. The van der Waals surface area contributed by atoms with Crippen LogP contribution < -0.4 is 5.32 Å². The predicted octanol–water partition coefficient (Wildman–Crippen LogP) is 1.53. The van der Waals surface area contributed by atoms with Crippen molar-refractivity contribution in [1.29, 1.82) is 0 Å². The van der Waals surface area contributed by atoms with Crippen molar-refractivity contribution in [2.75, 3.05) is 13.2 Å². The van der Waals surface area contributed by atoms with Crippen LogP contribution >= 0.6 is 11.3 Å². The van der Waals surface area contributed by atoms with Crippen molar-refractivity contribution >= 4 is 23.2 Å². The molecule has 2 atom stereocenters. The molecule has 0 saturated carbocycles. The number of thiophene rings is 1. The van der Waals surface area contributed by atoms with Gasteiger partial charge in [-0.05, 0) is 30.7 Å². The van der Waals surface area contributed by atoms with Gasteiger partial charge in [-0.2, -0.15) is 0 Å². The molecule has 1 N–H and O–H groups in total. The van der Waals surface area contributed by atoms with Gasteiger partial charge in [0.05, 0.1) is 12.6 Å². The van der Waals surface area contributed by atoms with E-state index in [9.17, 15) is 9.59 Å². The minimum Gasteiger partial charge on any atom is -0.376 e. The molecular formula is C15H20N2O3S. The Kier molecular flexibility index (Phi) is 4.55. The number of ether oxygens (including phenoxy) is 1. The van der Waals surface area contributed by atoms with E-state index < -0.39 is 0 Å². The van der Waals surface area contributed by atoms with E-state index in [0.29, 0.717) is 25.9 Å². The predicted molar refractivity (Wildman–Crippen MR) is 79.9 cm³/mol. The molecule has 0 radical (unpaired) electrons. The first kappa shape index (κ1) is 14.5. The standard InChI is InChI=1S/C15H20N2O3S/c18-14-6-5-13(17(14)10-12-4-2-8-21-12)15(19)16-9-11-3-1-7-20-11/h2,4,8,11,13H,1,3,5-7,9-10H2,(H,16,19). The number of rotatable bonds is 5. The van der Waals surface area contributed by atoms with E-state index in [-0.39, 0.29) is 24.0 Å². The van der Waals surface area contributed by atoms with Crippen molar-refractivity contribution < 1.29 is 14.3 Å². The minimum absolute atomic E-state index is 0.0482. The lowest BCUT2D eigenvalue weighted by Crippen LogP contribution is -2.46. The van der Waals surface area contributed by atoms with Gasteiger partial charge in [0.2, 0.25) is 11.8 Å². The summed E-state index contributed by atoms with van der Waals surface area (Å²) in [6, 6.07) is 3.63. The van der Waals surface area contributed by atoms with Crippen molar-refractivity contribution in [1.82, 2.24) is 10.2 Å². The average molecular weight is 308 g/mol. The fourth-order valence-corrected chi connectivity index (χ4v) is 3.62. The number of nitrogens with one attached hydrogen (secondary N) is 1. The van der Waals surface area contributed by atoms with Crippen molar-refractivity contribution in [3.63, 3.8) is 0 Å². The molecule has 2 aliphatic rings. The average Bonchev–Trinajstić information content (AvgIpc) is 3.21. The van der Waals surface area contributed by atoms with Crippen LogP contribution in [-0.2, 0) is 20.9 Å². The molecule has 2 fully saturated rings. The molecule has 2 unspecified atom stereocenters. The van der Waals surface area contributed by atoms with Gasteiger partial charge in [0.1, 0.15) is 6.04 Å². The monoisotopic (exact) mass is 308 g/mol. The molecule has 2 aliphatic heterocycles. The molecule has 3 heterocycles. The quantitative estimate of drug-likeness (QED) is 0.897. The lowest BCUT2D eigenvalue weighted by atomic mass is 10.2. The van der Waals surface area contributed by atoms with Crippen LogP contribution in [0.4, 0.5) is 0 Å². The van der Waals surface area contributed by atoms with Crippen LogP contribution in [0.1, 0.15) is 30.6 Å². The smallest absolute Gasteiger partial charge is 0.242 e. The number of hydrogen-bond acceptors (Lipinski definition) is 4. The molecule has 5 nitrogen and oxygen atoms in total. The highest BCUT2D eigenvalue weighted by Crippen LogP contribution is 2.23. The van der Waals surface area contributed by atoms with Crippen LogP contribution in [0.5, 0.6) is 0 Å². The van der Waals surface area contributed by atoms with Gasteiger partial charge in [-0.1, -0.05) is 6.07 Å². The highest BCUT2D eigenvalue weighted by molar-refractivity contribution is 7.09. The van der Waals surface area contributed by atoms with Gasteiger partial charge in [0.15, 0.2) is 0 Å². The van der Waals surface area contributed by atoms with Gasteiger partial charge in [-0.15, -0.1) is 11.3 Å². The Morgan fingerprint density at radius 1 is 1.48 bits per heavy atom. The fraction of sp³-hybridized carbons (Fsp3) is 0.600. The summed E-state index contributed by atoms with van der Waals surface area (Å²) in [6.45, 7) is 1.87. The summed E-state index contributed by atoms with van der Waals surface area (Å²) in [5.74, 6) is 0.0218. The molecule has 0 spiro atoms. The Morgan fingerprint density at radius 3 is 3.10 bits per heavy atom. The zero-order valence-corrected chi connectivity index (χ0v) is 12.7. The molecule has 2 saturated heterocycles. The largest absolute Gasteiger partial charge is 0.376 e. The van der Waals surface area contributed by atoms with Gasteiger partial charge >= 0.3 is 0 Å². The molecule has 114 valence electrons. The van der Waals surface area contributed by atoms with Crippen LogP contribution in [0.15, 0.2) is 17.5 Å². The van der Waals surface area contributed by atoms with E-state index in [2.05, 4.69) is 5.32 Å². The number of hydrogen-bond donors (Lipinski definition) is 1. The summed E-state index contributed by atoms with van der Waals surface area (Å²) < 4.78 is 5.51. The Labute approximate surface area is 128 Å². The van der Waals surface area contributed by atoms with E-state index in [4.69, 9.17) is 4.74 Å². The van der Waals surface area contributed by atoms with Crippen molar-refractivity contribution in [3.8, 4) is 0 Å². The summed E-state index contributed by atoms with van der Waals surface area (Å²) >= 11 is 1.61. The normalized spacial score (nSPS) is 25.5. The second kappa shape index (κ2) is 6.58. The maximum atomic E-state index is 12.3. The second-order valence-corrected chi connectivity index (χ2v) is 6.57. The minimum atomic E-state index is -0.332. The lowest BCUT2D eigenvalue weighted by Gasteiger charge is -2.24. The Balaban J connectivity index is 1.56. The van der Waals surface area contributed by atoms with E-state index in [0.717, 1.165) is 24.3 Å². The summed E-state index contributed by atoms with van der Waals surface area (Å²) in [6.07, 6.45) is 3.28. The van der Waals surface area contributed by atoms with Crippen LogP contribution in [-0.4, -0.2) is 42.0 Å². The molecule has 0 aliphatic carbocycles. The number of amides is 2. The zero-order chi connectivity index (χ0) is 14.7. The summed E-state index contributed by atoms with van der Waals surface area (Å²) in [5.41, 5.74) is 0. The summed E-state index contributed by atoms with van der Waals surface area (Å²) in [7, 11) is 0. The molecule has 6 heteroatoms. The Hall–Kier alpha value is -1.40. The molecule has 0 bridgehead atoms. The van der Waals surface area contributed by atoms with E-state index in [1.165, 1.54) is 0 Å². The van der Waals surface area contributed by atoms with Crippen LogP contribution in [0.3, 0.4) is 0 Å². The molecule has 1 aromatic rings. The first-order valence-electron chi connectivity index (χ1n) is 7.45. The number of nitrogens with zero attached hydrogens (tertiary/aromatic N) is 1. The molecule has 3 rings (SSSR count). The van der Waals surface area contributed by atoms with E-state index in [1.54, 1.807) is 16.2 Å². The Bertz CT molecular complexity index is 497. The molecule has 21 heavy (non-hydrogen) atoms. The van der Waals surface area contributed by atoms with Crippen molar-refractivity contribution in [2.24, 2.45) is 0 Å². The van der Waals surface area contributed by atoms with Gasteiger partial charge in [0, 0.05) is 24.4 Å². The van der Waals surface area contributed by atoms with E-state index in [1.807, 2.05) is 17.5 Å². The van der Waals surface area contributed by atoms with Gasteiger partial charge < -0.3 is 15.0 Å². The molecule has 1 aromatic heterocycles. The third kappa shape index (κ3) is 3.44. The zero-order valence-electron chi connectivity index (χ0n) is 11.9. The first-order valence-corrected chi connectivity index (χ1v) is 8.33. The SMILES string of the molecule is O=C(NCC1CCCO1)C1CCC(=O)N1Cc1cccs1. The second-order valence-electron chi connectivity index (χ2n) is 5.54. The molecular weight excluding hydrogens is 288 g/mol. The summed E-state index contributed by atoms with van der Waals surface area (Å²) in [4.78, 5) is 27.1. The highest BCUT2D eigenvalue weighted by atomic mass is 32.1. The number of likely N-dealkylation sites (tertiary alicyclic amines) is 1. The van der Waals surface area contributed by atoms with Crippen LogP contribution in [0.25, 0.3) is 0 Å². The number of carbonyl (C=O) groups is 2. The topological polar surface area (TPSA) is 58.6 Å².